The summed E-state index contributed by atoms with van der Waals surface area (Å²) in [6.45, 7) is 1.41. The van der Waals surface area contributed by atoms with Crippen molar-refractivity contribution in [3.63, 3.8) is 0 Å². The first kappa shape index (κ1) is 8.47. The normalized spacial score (nSPS) is 26.3. The third-order valence-corrected chi connectivity index (χ3v) is 4.04. The van der Waals surface area contributed by atoms with E-state index in [1.54, 1.807) is 24.6 Å². The molecular weight excluding hydrogens is 169 g/mol. The van der Waals surface area contributed by atoms with Crippen molar-refractivity contribution in [1.29, 1.82) is 0 Å². The lowest BCUT2D eigenvalue weighted by Crippen LogP contribution is -1.88. The molecule has 0 aromatic carbocycles. The summed E-state index contributed by atoms with van der Waals surface area (Å²) in [5.41, 5.74) is 0. The SMILES string of the molecule is CN=CCOP1OCCS1. The second-order valence-corrected chi connectivity index (χ2v) is 4.93. The van der Waals surface area contributed by atoms with Gasteiger partial charge in [0.1, 0.15) is 0 Å². The van der Waals surface area contributed by atoms with Crippen LogP contribution in [0.15, 0.2) is 4.99 Å². The lowest BCUT2D eigenvalue weighted by Gasteiger charge is -2.04. The summed E-state index contributed by atoms with van der Waals surface area (Å²) >= 11 is 1.75. The van der Waals surface area contributed by atoms with Crippen molar-refractivity contribution in [1.82, 2.24) is 0 Å². The van der Waals surface area contributed by atoms with E-state index in [-0.39, 0.29) is 0 Å². The molecule has 3 nitrogen and oxygen atoms in total. The molecule has 1 aliphatic rings. The van der Waals surface area contributed by atoms with Gasteiger partial charge in [0.25, 0.3) is 0 Å². The van der Waals surface area contributed by atoms with E-state index in [1.807, 2.05) is 0 Å². The predicted molar refractivity (Wildman–Crippen MR) is 45.7 cm³/mol. The van der Waals surface area contributed by atoms with Crippen LogP contribution in [0.2, 0.25) is 0 Å². The number of hydrogen-bond acceptors (Lipinski definition) is 4. The van der Waals surface area contributed by atoms with Crippen LogP contribution in [0.1, 0.15) is 0 Å². The maximum Gasteiger partial charge on any atom is 0.238 e. The van der Waals surface area contributed by atoms with E-state index >= 15 is 0 Å². The van der Waals surface area contributed by atoms with Crippen LogP contribution in [0.25, 0.3) is 0 Å². The summed E-state index contributed by atoms with van der Waals surface area (Å²) < 4.78 is 10.5. The molecule has 10 heavy (non-hydrogen) atoms. The molecule has 5 heteroatoms. The van der Waals surface area contributed by atoms with Crippen molar-refractivity contribution < 1.29 is 9.05 Å². The fraction of sp³-hybridized carbons (Fsp3) is 0.800. The average molecular weight is 179 g/mol. The predicted octanol–water partition coefficient (Wildman–Crippen LogP) is 1.69. The Morgan fingerprint density at radius 3 is 3.40 bits per heavy atom. The molecule has 1 heterocycles. The van der Waals surface area contributed by atoms with Crippen LogP contribution in [0.3, 0.4) is 0 Å². The fourth-order valence-corrected chi connectivity index (χ4v) is 3.11. The van der Waals surface area contributed by atoms with Gasteiger partial charge in [0, 0.05) is 19.0 Å². The molecule has 0 aromatic heterocycles. The first-order valence-electron chi connectivity index (χ1n) is 3.03. The van der Waals surface area contributed by atoms with Crippen LogP contribution in [0, 0.1) is 0 Å². The van der Waals surface area contributed by atoms with Gasteiger partial charge in [-0.1, -0.05) is 11.4 Å². The molecule has 0 amide bonds. The summed E-state index contributed by atoms with van der Waals surface area (Å²) in [6, 6.07) is 0. The topological polar surface area (TPSA) is 30.8 Å². The number of rotatable bonds is 3. The molecule has 0 radical (unpaired) electrons. The van der Waals surface area contributed by atoms with Crippen molar-refractivity contribution in [2.75, 3.05) is 26.0 Å². The molecule has 1 unspecified atom stereocenters. The van der Waals surface area contributed by atoms with Crippen molar-refractivity contribution >= 4 is 25.2 Å². The van der Waals surface area contributed by atoms with Gasteiger partial charge >= 0.3 is 0 Å². The van der Waals surface area contributed by atoms with Gasteiger partial charge in [-0.15, -0.1) is 0 Å². The van der Waals surface area contributed by atoms with Crippen LogP contribution in [-0.2, 0) is 9.05 Å². The molecule has 0 saturated carbocycles. The van der Waals surface area contributed by atoms with Crippen molar-refractivity contribution in [2.24, 2.45) is 4.99 Å². The summed E-state index contributed by atoms with van der Waals surface area (Å²) in [4.78, 5) is 3.79. The van der Waals surface area contributed by atoms with E-state index in [0.29, 0.717) is 6.61 Å². The Bertz CT molecular complexity index is 116. The van der Waals surface area contributed by atoms with Crippen molar-refractivity contribution in [3.05, 3.63) is 0 Å². The maximum absolute atomic E-state index is 5.30. The Hall–Kier alpha value is 0.370. The number of hydrogen-bond donors (Lipinski definition) is 0. The van der Waals surface area contributed by atoms with Gasteiger partial charge in [-0.05, 0) is 0 Å². The van der Waals surface area contributed by atoms with Crippen LogP contribution >= 0.6 is 19.0 Å². The summed E-state index contributed by atoms with van der Waals surface area (Å²) in [7, 11) is 1.10. The molecule has 0 aromatic rings. The molecule has 0 aliphatic carbocycles. The Kier molecular flexibility index (Phi) is 4.30. The Balaban J connectivity index is 2.01. The Morgan fingerprint density at radius 2 is 2.80 bits per heavy atom. The minimum Gasteiger partial charge on any atom is -0.325 e. The zero-order valence-electron chi connectivity index (χ0n) is 5.82. The van der Waals surface area contributed by atoms with E-state index in [2.05, 4.69) is 4.99 Å². The minimum atomic E-state index is -0.631. The smallest absolute Gasteiger partial charge is 0.238 e. The Labute approximate surface area is 65.9 Å². The quantitative estimate of drug-likeness (QED) is 0.488. The van der Waals surface area contributed by atoms with Crippen LogP contribution < -0.4 is 0 Å². The monoisotopic (exact) mass is 179 g/mol. The molecule has 0 N–H and O–H groups in total. The zero-order chi connectivity index (χ0) is 7.23. The Morgan fingerprint density at radius 1 is 1.90 bits per heavy atom. The third kappa shape index (κ3) is 2.97. The second-order valence-electron chi connectivity index (χ2n) is 1.63. The molecular formula is C5H10NO2PS. The van der Waals surface area contributed by atoms with Gasteiger partial charge in [-0.2, -0.15) is 0 Å². The summed E-state index contributed by atoms with van der Waals surface area (Å²) in [5, 5.41) is 0. The molecule has 0 spiro atoms. The van der Waals surface area contributed by atoms with Gasteiger partial charge in [-0.3, -0.25) is 4.99 Å². The highest BCUT2D eigenvalue weighted by atomic mass is 32.7. The largest absolute Gasteiger partial charge is 0.325 e. The van der Waals surface area contributed by atoms with Crippen molar-refractivity contribution in [3.8, 4) is 0 Å². The third-order valence-electron chi connectivity index (χ3n) is 0.914. The highest BCUT2D eigenvalue weighted by Crippen LogP contribution is 2.55. The molecule has 1 atom stereocenters. The van der Waals surface area contributed by atoms with E-state index < -0.39 is 7.58 Å². The standard InChI is InChI=1S/C5H10NO2PS/c1-6-2-3-7-9-8-4-5-10-9/h2H,3-5H2,1H3. The summed E-state index contributed by atoms with van der Waals surface area (Å²) in [6.07, 6.45) is 1.74. The molecule has 1 rings (SSSR count). The van der Waals surface area contributed by atoms with Crippen LogP contribution in [-0.4, -0.2) is 32.2 Å². The highest BCUT2D eigenvalue weighted by molar-refractivity contribution is 8.53. The molecule has 1 fully saturated rings. The first-order valence-corrected chi connectivity index (χ1v) is 5.80. The molecule has 58 valence electrons. The van der Waals surface area contributed by atoms with E-state index in [0.717, 1.165) is 12.4 Å². The first-order chi connectivity index (χ1) is 4.93. The lowest BCUT2D eigenvalue weighted by molar-refractivity contribution is 0.310. The fourth-order valence-electron chi connectivity index (χ4n) is 0.504. The van der Waals surface area contributed by atoms with Crippen molar-refractivity contribution in [2.45, 2.75) is 0 Å². The van der Waals surface area contributed by atoms with E-state index in [4.69, 9.17) is 9.05 Å². The van der Waals surface area contributed by atoms with E-state index in [1.165, 1.54) is 0 Å². The number of nitrogens with zero attached hydrogens (tertiary/aromatic N) is 1. The van der Waals surface area contributed by atoms with Crippen LogP contribution in [0.5, 0.6) is 0 Å². The lowest BCUT2D eigenvalue weighted by atomic mass is 10.8. The number of aliphatic imine (C=N–C) groups is 1. The van der Waals surface area contributed by atoms with Gasteiger partial charge in [0.15, 0.2) is 0 Å². The molecule has 1 aliphatic heterocycles. The van der Waals surface area contributed by atoms with Gasteiger partial charge in [0.2, 0.25) is 7.58 Å². The zero-order valence-corrected chi connectivity index (χ0v) is 7.53. The summed E-state index contributed by atoms with van der Waals surface area (Å²) in [5.74, 6) is 1.06. The van der Waals surface area contributed by atoms with E-state index in [9.17, 15) is 0 Å². The van der Waals surface area contributed by atoms with Gasteiger partial charge < -0.3 is 9.05 Å². The maximum atomic E-state index is 5.30. The van der Waals surface area contributed by atoms with Crippen LogP contribution in [0.4, 0.5) is 0 Å². The second kappa shape index (κ2) is 5.08. The average Bonchev–Trinajstić information content (AvgIpc) is 2.41. The minimum absolute atomic E-state index is 0.579. The van der Waals surface area contributed by atoms with Gasteiger partial charge in [-0.25, -0.2) is 0 Å². The highest BCUT2D eigenvalue weighted by Gasteiger charge is 2.16. The molecule has 1 saturated heterocycles. The van der Waals surface area contributed by atoms with Gasteiger partial charge in [0.05, 0.1) is 13.2 Å². The molecule has 0 bridgehead atoms.